The van der Waals surface area contributed by atoms with Crippen molar-refractivity contribution in [2.75, 3.05) is 18.8 Å². The van der Waals surface area contributed by atoms with Crippen LogP contribution in [0, 0.1) is 6.92 Å². The van der Waals surface area contributed by atoms with Crippen molar-refractivity contribution < 1.29 is 23.1 Å². The Balaban J connectivity index is 2.25. The zero-order valence-corrected chi connectivity index (χ0v) is 12.5. The molecule has 0 aliphatic carbocycles. The van der Waals surface area contributed by atoms with E-state index in [0.717, 1.165) is 18.9 Å². The topological polar surface area (TPSA) is 91.8 Å². The van der Waals surface area contributed by atoms with Gasteiger partial charge in [0.05, 0.1) is 10.5 Å². The summed E-state index contributed by atoms with van der Waals surface area (Å²) >= 11 is 0. The van der Waals surface area contributed by atoms with Crippen LogP contribution in [0.25, 0.3) is 0 Å². The number of likely N-dealkylation sites (tertiary alicyclic amines) is 1. The Morgan fingerprint density at radius 2 is 1.86 bits per heavy atom. The van der Waals surface area contributed by atoms with Crippen molar-refractivity contribution in [2.24, 2.45) is 0 Å². The van der Waals surface area contributed by atoms with Crippen LogP contribution in [0.1, 0.15) is 28.8 Å². The highest BCUT2D eigenvalue weighted by Gasteiger charge is 2.26. The Morgan fingerprint density at radius 3 is 2.43 bits per heavy atom. The highest BCUT2D eigenvalue weighted by molar-refractivity contribution is 7.92. The van der Waals surface area contributed by atoms with Crippen LogP contribution in [-0.4, -0.2) is 49.1 Å². The van der Waals surface area contributed by atoms with E-state index in [4.69, 9.17) is 5.11 Å². The average Bonchev–Trinajstić information content (AvgIpc) is 2.92. The molecule has 6 nitrogen and oxygen atoms in total. The lowest BCUT2D eigenvalue weighted by atomic mass is 10.1. The average molecular weight is 311 g/mol. The van der Waals surface area contributed by atoms with E-state index in [9.17, 15) is 18.0 Å². The van der Waals surface area contributed by atoms with Gasteiger partial charge in [0.25, 0.3) is 0 Å². The summed E-state index contributed by atoms with van der Waals surface area (Å²) in [6.45, 7) is 2.76. The van der Waals surface area contributed by atoms with Gasteiger partial charge in [-0.2, -0.15) is 0 Å². The molecule has 0 aromatic heterocycles. The number of amides is 1. The van der Waals surface area contributed by atoms with Crippen LogP contribution in [-0.2, 0) is 14.6 Å². The fourth-order valence-electron chi connectivity index (χ4n) is 2.33. The second-order valence-electron chi connectivity index (χ2n) is 5.13. The van der Waals surface area contributed by atoms with Gasteiger partial charge >= 0.3 is 5.97 Å². The number of hydrogen-bond donors (Lipinski definition) is 1. The maximum atomic E-state index is 12.2. The first-order valence-corrected chi connectivity index (χ1v) is 8.31. The first kappa shape index (κ1) is 15.5. The van der Waals surface area contributed by atoms with Crippen molar-refractivity contribution in [3.8, 4) is 0 Å². The lowest BCUT2D eigenvalue weighted by molar-refractivity contribution is -0.127. The molecular formula is C14H17NO5S. The number of carboxylic acid groups (broad SMARTS) is 1. The summed E-state index contributed by atoms with van der Waals surface area (Å²) in [4.78, 5) is 24.4. The van der Waals surface area contributed by atoms with E-state index in [-0.39, 0.29) is 10.5 Å². The Hall–Kier alpha value is -1.89. The number of nitrogens with zero attached hydrogens (tertiary/aromatic N) is 1. The van der Waals surface area contributed by atoms with Gasteiger partial charge in [-0.05, 0) is 37.5 Å². The molecule has 0 saturated carbocycles. The minimum absolute atomic E-state index is 0.0651. The fourth-order valence-corrected chi connectivity index (χ4v) is 3.58. The van der Waals surface area contributed by atoms with Gasteiger partial charge in [-0.25, -0.2) is 13.2 Å². The molecule has 0 atom stereocenters. The van der Waals surface area contributed by atoms with Gasteiger partial charge in [0, 0.05) is 13.1 Å². The number of carboxylic acids is 1. The maximum absolute atomic E-state index is 12.2. The van der Waals surface area contributed by atoms with E-state index in [1.165, 1.54) is 17.0 Å². The van der Waals surface area contributed by atoms with E-state index < -0.39 is 27.5 Å². The molecule has 0 bridgehead atoms. The minimum atomic E-state index is -3.82. The van der Waals surface area contributed by atoms with Gasteiger partial charge in [0.2, 0.25) is 5.91 Å². The largest absolute Gasteiger partial charge is 0.478 e. The minimum Gasteiger partial charge on any atom is -0.478 e. The second-order valence-corrected chi connectivity index (χ2v) is 7.12. The molecule has 1 fully saturated rings. The number of rotatable bonds is 4. The Morgan fingerprint density at radius 1 is 1.24 bits per heavy atom. The quantitative estimate of drug-likeness (QED) is 0.898. The number of carbonyl (C=O) groups excluding carboxylic acids is 1. The smallest absolute Gasteiger partial charge is 0.335 e. The van der Waals surface area contributed by atoms with Gasteiger partial charge in [0.1, 0.15) is 5.75 Å². The van der Waals surface area contributed by atoms with E-state index in [1.807, 2.05) is 0 Å². The van der Waals surface area contributed by atoms with Crippen LogP contribution < -0.4 is 0 Å². The van der Waals surface area contributed by atoms with Gasteiger partial charge in [-0.1, -0.05) is 6.07 Å². The molecule has 0 radical (unpaired) electrons. The molecule has 21 heavy (non-hydrogen) atoms. The molecule has 1 N–H and O–H groups in total. The van der Waals surface area contributed by atoms with Crippen molar-refractivity contribution in [3.63, 3.8) is 0 Å². The molecule has 1 aliphatic heterocycles. The van der Waals surface area contributed by atoms with Crippen LogP contribution >= 0.6 is 0 Å². The van der Waals surface area contributed by atoms with Crippen LogP contribution in [0.4, 0.5) is 0 Å². The van der Waals surface area contributed by atoms with Gasteiger partial charge in [-0.15, -0.1) is 0 Å². The molecule has 114 valence electrons. The Kier molecular flexibility index (Phi) is 4.32. The van der Waals surface area contributed by atoms with E-state index >= 15 is 0 Å². The third kappa shape index (κ3) is 3.41. The van der Waals surface area contributed by atoms with Gasteiger partial charge in [-0.3, -0.25) is 4.79 Å². The number of aryl methyl sites for hydroxylation is 1. The third-order valence-electron chi connectivity index (χ3n) is 3.57. The number of benzene rings is 1. The van der Waals surface area contributed by atoms with E-state index in [0.29, 0.717) is 18.7 Å². The highest BCUT2D eigenvalue weighted by Crippen LogP contribution is 2.18. The summed E-state index contributed by atoms with van der Waals surface area (Å²) in [5.74, 6) is -2.23. The summed E-state index contributed by atoms with van der Waals surface area (Å²) < 4.78 is 24.5. The van der Waals surface area contributed by atoms with Crippen molar-refractivity contribution in [1.29, 1.82) is 0 Å². The first-order valence-electron chi connectivity index (χ1n) is 6.66. The number of hydrogen-bond acceptors (Lipinski definition) is 4. The van der Waals surface area contributed by atoms with Crippen LogP contribution in [0.2, 0.25) is 0 Å². The molecule has 0 unspecified atom stereocenters. The van der Waals surface area contributed by atoms with Crippen LogP contribution in [0.5, 0.6) is 0 Å². The molecule has 1 heterocycles. The van der Waals surface area contributed by atoms with E-state index in [1.54, 1.807) is 6.92 Å². The normalized spacial score (nSPS) is 15.2. The summed E-state index contributed by atoms with van der Waals surface area (Å²) in [6.07, 6.45) is 1.78. The molecular weight excluding hydrogens is 294 g/mol. The molecule has 2 rings (SSSR count). The third-order valence-corrected chi connectivity index (χ3v) is 5.17. The summed E-state index contributed by atoms with van der Waals surface area (Å²) in [6, 6.07) is 3.90. The SMILES string of the molecule is Cc1ccc(S(=O)(=O)CC(=O)N2CCCC2)cc1C(=O)O. The molecule has 1 aromatic rings. The zero-order chi connectivity index (χ0) is 15.6. The predicted molar refractivity (Wildman–Crippen MR) is 76.0 cm³/mol. The summed E-state index contributed by atoms with van der Waals surface area (Å²) in [5, 5.41) is 9.04. The van der Waals surface area contributed by atoms with Crippen molar-refractivity contribution in [1.82, 2.24) is 4.90 Å². The van der Waals surface area contributed by atoms with Crippen LogP contribution in [0.15, 0.2) is 23.1 Å². The van der Waals surface area contributed by atoms with Crippen molar-refractivity contribution in [3.05, 3.63) is 29.3 Å². The highest BCUT2D eigenvalue weighted by atomic mass is 32.2. The maximum Gasteiger partial charge on any atom is 0.335 e. The Bertz CT molecular complexity index is 675. The molecule has 0 spiro atoms. The number of carbonyl (C=O) groups is 2. The lowest BCUT2D eigenvalue weighted by Crippen LogP contribution is -2.33. The summed E-state index contributed by atoms with van der Waals surface area (Å²) in [5.41, 5.74) is 0.414. The zero-order valence-electron chi connectivity index (χ0n) is 11.7. The molecule has 1 aliphatic rings. The number of aromatic carboxylic acids is 1. The standard InChI is InChI=1S/C14H17NO5S/c1-10-4-5-11(8-12(10)14(17)18)21(19,20)9-13(16)15-6-2-3-7-15/h4-5,8H,2-3,6-7,9H2,1H3,(H,17,18). The Labute approximate surface area is 123 Å². The first-order chi connectivity index (χ1) is 9.81. The molecule has 1 amide bonds. The number of sulfone groups is 1. The predicted octanol–water partition coefficient (Wildman–Crippen LogP) is 1.09. The van der Waals surface area contributed by atoms with Crippen molar-refractivity contribution >= 4 is 21.7 Å². The van der Waals surface area contributed by atoms with Crippen LogP contribution in [0.3, 0.4) is 0 Å². The van der Waals surface area contributed by atoms with Gasteiger partial charge < -0.3 is 10.0 Å². The monoisotopic (exact) mass is 311 g/mol. The summed E-state index contributed by atoms with van der Waals surface area (Å²) in [7, 11) is -3.82. The van der Waals surface area contributed by atoms with E-state index in [2.05, 4.69) is 0 Å². The molecule has 1 saturated heterocycles. The lowest BCUT2D eigenvalue weighted by Gasteiger charge is -2.15. The fraction of sp³-hybridized carbons (Fsp3) is 0.429. The van der Waals surface area contributed by atoms with Crippen molar-refractivity contribution in [2.45, 2.75) is 24.7 Å². The molecule has 1 aromatic carbocycles. The second kappa shape index (κ2) is 5.85. The molecule has 7 heteroatoms. The van der Waals surface area contributed by atoms with Gasteiger partial charge in [0.15, 0.2) is 9.84 Å².